The number of rotatable bonds is 8. The lowest BCUT2D eigenvalue weighted by Gasteiger charge is -2.46. The molecule has 4 atom stereocenters. The van der Waals surface area contributed by atoms with Gasteiger partial charge >= 0.3 is 0 Å². The fraction of sp³-hybridized carbons (Fsp3) is 0.583. The van der Waals surface area contributed by atoms with E-state index >= 15 is 0 Å². The molecule has 1 aromatic heterocycles. The Hall–Kier alpha value is -2.97. The highest BCUT2D eigenvalue weighted by molar-refractivity contribution is 6.27. The Morgan fingerprint density at radius 2 is 1.73 bits per heavy atom. The number of aromatic nitrogens is 2. The van der Waals surface area contributed by atoms with Gasteiger partial charge in [-0.2, -0.15) is 0 Å². The van der Waals surface area contributed by atoms with Gasteiger partial charge in [-0.25, -0.2) is 9.37 Å². The number of amides is 2. The van der Waals surface area contributed by atoms with Gasteiger partial charge in [0.2, 0.25) is 11.8 Å². The van der Waals surface area contributed by atoms with Crippen molar-refractivity contribution in [1.82, 2.24) is 24.7 Å². The van der Waals surface area contributed by atoms with E-state index in [1.807, 2.05) is 31.7 Å². The predicted octanol–water partition coefficient (Wildman–Crippen LogP) is 6.37. The monoisotopic (exact) mass is 635 g/mol. The van der Waals surface area contributed by atoms with Crippen LogP contribution in [0.2, 0.25) is 0 Å². The molecule has 3 fully saturated rings. The van der Waals surface area contributed by atoms with Gasteiger partial charge in [0.25, 0.3) is 0 Å². The normalized spacial score (nSPS) is 24.1. The van der Waals surface area contributed by atoms with Crippen LogP contribution in [0.15, 0.2) is 48.5 Å². The Labute approximate surface area is 271 Å². The Bertz CT molecular complexity index is 1530. The average molecular weight is 636 g/mol. The highest BCUT2D eigenvalue weighted by Crippen LogP contribution is 2.45. The number of hydrogen-bond donors (Lipinski definition) is 1. The molecule has 0 saturated carbocycles. The van der Waals surface area contributed by atoms with Crippen molar-refractivity contribution in [3.05, 3.63) is 65.7 Å². The first-order valence-electron chi connectivity index (χ1n) is 16.6. The largest absolute Gasteiger partial charge is 0.343 e. The third kappa shape index (κ3) is 6.37. The van der Waals surface area contributed by atoms with E-state index in [-0.39, 0.29) is 28.9 Å². The molecule has 0 unspecified atom stereocenters. The summed E-state index contributed by atoms with van der Waals surface area (Å²) in [5.41, 5.74) is 2.66. The topological polar surface area (TPSA) is 70.5 Å². The minimum atomic E-state index is -0.654. The summed E-state index contributed by atoms with van der Waals surface area (Å²) >= 11 is 5.77. The number of carbonyl (C=O) groups excluding carboxylic acids is 2. The number of nitrogens with zero attached hydrogens (tertiary/aromatic N) is 4. The number of alkyl halides is 1. The SMILES string of the molecule is Cc1nc2ccccc2n1[C@H]1C[C@H]2CC[C@@H](C1)N2CCC1(c2cccc(F)c2)CCN(C(=O)[C@@H](NC(=O)CCl)C(C)(C)C)CC1. The van der Waals surface area contributed by atoms with Gasteiger partial charge in [0.15, 0.2) is 0 Å². The van der Waals surface area contributed by atoms with Crippen molar-refractivity contribution in [1.29, 1.82) is 0 Å². The van der Waals surface area contributed by atoms with Crippen LogP contribution in [0.3, 0.4) is 0 Å². The highest BCUT2D eigenvalue weighted by Gasteiger charge is 2.45. The molecule has 6 rings (SSSR count). The molecule has 3 saturated heterocycles. The minimum Gasteiger partial charge on any atom is -0.343 e. The van der Waals surface area contributed by atoms with Crippen molar-refractivity contribution in [2.45, 2.75) is 102 Å². The van der Waals surface area contributed by atoms with Crippen molar-refractivity contribution >= 4 is 34.4 Å². The lowest BCUT2D eigenvalue weighted by Crippen LogP contribution is -2.57. The summed E-state index contributed by atoms with van der Waals surface area (Å²) < 4.78 is 17.1. The minimum absolute atomic E-state index is 0.0729. The molecule has 242 valence electrons. The Morgan fingerprint density at radius 3 is 2.38 bits per heavy atom. The molecule has 45 heavy (non-hydrogen) atoms. The summed E-state index contributed by atoms with van der Waals surface area (Å²) in [6.07, 6.45) is 7.11. The number of likely N-dealkylation sites (tertiary alicyclic amines) is 1. The Balaban J connectivity index is 1.17. The summed E-state index contributed by atoms with van der Waals surface area (Å²) in [6, 6.07) is 16.4. The predicted molar refractivity (Wildman–Crippen MR) is 177 cm³/mol. The van der Waals surface area contributed by atoms with E-state index in [1.165, 1.54) is 24.4 Å². The molecule has 3 aliphatic heterocycles. The van der Waals surface area contributed by atoms with E-state index in [2.05, 4.69) is 52.0 Å². The van der Waals surface area contributed by atoms with Gasteiger partial charge in [0.05, 0.1) is 11.0 Å². The van der Waals surface area contributed by atoms with Gasteiger partial charge in [0.1, 0.15) is 23.6 Å². The molecule has 4 heterocycles. The van der Waals surface area contributed by atoms with Crippen molar-refractivity contribution in [3.63, 3.8) is 0 Å². The Morgan fingerprint density at radius 1 is 1.04 bits per heavy atom. The number of nitrogens with one attached hydrogen (secondary N) is 1. The number of fused-ring (bicyclic) bond motifs is 3. The third-order valence-electron chi connectivity index (χ3n) is 10.9. The van der Waals surface area contributed by atoms with E-state index < -0.39 is 11.5 Å². The van der Waals surface area contributed by atoms with Gasteiger partial charge in [-0.1, -0.05) is 45.0 Å². The maximum absolute atomic E-state index is 14.6. The molecule has 3 aliphatic rings. The lowest BCUT2D eigenvalue weighted by atomic mass is 9.70. The van der Waals surface area contributed by atoms with E-state index in [4.69, 9.17) is 16.6 Å². The van der Waals surface area contributed by atoms with Gasteiger partial charge in [-0.15, -0.1) is 11.6 Å². The van der Waals surface area contributed by atoms with Crippen molar-refractivity contribution in [2.75, 3.05) is 25.5 Å². The van der Waals surface area contributed by atoms with E-state index in [1.54, 1.807) is 6.07 Å². The summed E-state index contributed by atoms with van der Waals surface area (Å²) in [7, 11) is 0. The lowest BCUT2D eigenvalue weighted by molar-refractivity contribution is -0.140. The number of piperidine rings is 2. The highest BCUT2D eigenvalue weighted by atomic mass is 35.5. The van der Waals surface area contributed by atoms with Crippen LogP contribution < -0.4 is 5.32 Å². The molecular formula is C36H47ClFN5O2. The van der Waals surface area contributed by atoms with Gasteiger partial charge in [-0.05, 0) is 99.1 Å². The molecule has 9 heteroatoms. The van der Waals surface area contributed by atoms with Crippen LogP contribution >= 0.6 is 11.6 Å². The van der Waals surface area contributed by atoms with Crippen LogP contribution in [-0.2, 0) is 15.0 Å². The van der Waals surface area contributed by atoms with Crippen LogP contribution in [-0.4, -0.2) is 74.8 Å². The first kappa shape index (κ1) is 32.0. The molecule has 0 radical (unpaired) electrons. The van der Waals surface area contributed by atoms with Crippen LogP contribution in [0.1, 0.15) is 83.1 Å². The fourth-order valence-corrected chi connectivity index (χ4v) is 8.55. The first-order valence-corrected chi connectivity index (χ1v) is 17.1. The quantitative estimate of drug-likeness (QED) is 0.292. The van der Waals surface area contributed by atoms with E-state index in [0.29, 0.717) is 31.2 Å². The van der Waals surface area contributed by atoms with Crippen molar-refractivity contribution < 1.29 is 14.0 Å². The summed E-state index contributed by atoms with van der Waals surface area (Å²) in [5.74, 6) is 0.282. The molecule has 1 N–H and O–H groups in total. The van der Waals surface area contributed by atoms with Crippen molar-refractivity contribution in [3.8, 4) is 0 Å². The summed E-state index contributed by atoms with van der Waals surface area (Å²) in [5, 5.41) is 2.85. The molecule has 3 aromatic rings. The number of benzene rings is 2. The molecule has 2 amide bonds. The van der Waals surface area contributed by atoms with Crippen LogP contribution in [0.25, 0.3) is 11.0 Å². The number of imidazole rings is 1. The van der Waals surface area contributed by atoms with Gasteiger partial charge in [-0.3, -0.25) is 14.5 Å². The summed E-state index contributed by atoms with van der Waals surface area (Å²) in [4.78, 5) is 35.4. The number of para-hydroxylation sites is 2. The average Bonchev–Trinajstić information content (AvgIpc) is 3.48. The number of aryl methyl sites for hydroxylation is 1. The van der Waals surface area contributed by atoms with Crippen LogP contribution in [0, 0.1) is 18.2 Å². The van der Waals surface area contributed by atoms with Gasteiger partial charge < -0.3 is 14.8 Å². The zero-order chi connectivity index (χ0) is 31.9. The summed E-state index contributed by atoms with van der Waals surface area (Å²) in [6.45, 7) is 10.1. The second kappa shape index (κ2) is 12.7. The first-order chi connectivity index (χ1) is 21.5. The zero-order valence-corrected chi connectivity index (χ0v) is 27.8. The molecule has 2 bridgehead atoms. The number of hydrogen-bond acceptors (Lipinski definition) is 4. The maximum Gasteiger partial charge on any atom is 0.245 e. The number of halogens is 2. The van der Waals surface area contributed by atoms with E-state index in [0.717, 1.165) is 55.6 Å². The standard InChI is InChI=1S/C36H47ClFN5O2/c1-24-39-30-10-5-6-11-31(30)43(24)29-21-27-12-13-28(22-29)42(27)19-16-36(25-8-7-9-26(38)20-25)14-17-41(18-15-36)34(45)33(35(2,3)4)40-32(44)23-37/h5-11,20,27-29,33H,12-19,21-23H2,1-4H3,(H,40,44)/t27-,28+,29+,33-/m1/s1. The smallest absolute Gasteiger partial charge is 0.245 e. The molecule has 0 spiro atoms. The second-order valence-electron chi connectivity index (χ2n) is 14.6. The third-order valence-corrected chi connectivity index (χ3v) is 11.1. The molecular weight excluding hydrogens is 589 g/mol. The second-order valence-corrected chi connectivity index (χ2v) is 14.9. The van der Waals surface area contributed by atoms with Crippen LogP contribution in [0.5, 0.6) is 0 Å². The van der Waals surface area contributed by atoms with Crippen molar-refractivity contribution in [2.24, 2.45) is 5.41 Å². The maximum atomic E-state index is 14.6. The molecule has 7 nitrogen and oxygen atoms in total. The Kier molecular flexibility index (Phi) is 9.01. The zero-order valence-electron chi connectivity index (χ0n) is 27.1. The van der Waals surface area contributed by atoms with E-state index in [9.17, 15) is 14.0 Å². The fourth-order valence-electron chi connectivity index (χ4n) is 8.48. The van der Waals surface area contributed by atoms with Gasteiger partial charge in [0, 0.05) is 31.2 Å². The molecule has 0 aliphatic carbocycles. The molecule has 2 aromatic carbocycles. The van der Waals surface area contributed by atoms with Crippen LogP contribution in [0.4, 0.5) is 4.39 Å². The number of carbonyl (C=O) groups is 2.